The number of phenols is 1. The average molecular weight is 289 g/mol. The van der Waals surface area contributed by atoms with Crippen molar-refractivity contribution < 1.29 is 31.3 Å². The van der Waals surface area contributed by atoms with Gasteiger partial charge in [0.15, 0.2) is 5.78 Å². The fraction of sp³-hybridized carbons (Fsp3) is 0.133. The van der Waals surface area contributed by atoms with Gasteiger partial charge in [-0.25, -0.2) is 0 Å². The molecule has 6 heteroatoms. The van der Waals surface area contributed by atoms with Gasteiger partial charge in [-0.1, -0.05) is 0 Å². The molecule has 1 aliphatic heterocycles. The first-order valence-electron chi connectivity index (χ1n) is 6.61. The fourth-order valence-electron chi connectivity index (χ4n) is 2.30. The topological polar surface area (TPSA) is 107 Å². The van der Waals surface area contributed by atoms with E-state index in [2.05, 4.69) is 0 Å². The zero-order valence-corrected chi connectivity index (χ0v) is 10.7. The van der Waals surface area contributed by atoms with E-state index in [1.807, 2.05) is 0 Å². The summed E-state index contributed by atoms with van der Waals surface area (Å²) in [4.78, 5) is 11.6. The molecule has 2 aliphatic rings. The molecule has 0 bridgehead atoms. The van der Waals surface area contributed by atoms with Gasteiger partial charge < -0.3 is 25.2 Å². The predicted octanol–water partition coefficient (Wildman–Crippen LogP) is 1.68. The number of rotatable bonds is 1. The second-order valence-corrected chi connectivity index (χ2v) is 4.78. The highest BCUT2D eigenvalue weighted by atomic mass is 16.6. The standard InChI is InChI=1S/C15H12O6/c16-9-3-1-8(2-4-9)15(20)7-12(19)14-11(18)5-10(17)6-13(14)21-15/h1-6,16,18-20H,7H2/t15-/m0/s1/i5D. The normalized spacial score (nSPS) is 26.0. The molecule has 1 aromatic rings. The number of carbonyl (C=O) groups excluding carboxylic acids is 1. The van der Waals surface area contributed by atoms with Crippen LogP contribution in [0.3, 0.4) is 0 Å². The summed E-state index contributed by atoms with van der Waals surface area (Å²) >= 11 is 0. The molecule has 0 spiro atoms. The van der Waals surface area contributed by atoms with Gasteiger partial charge in [0.05, 0.1) is 13.4 Å². The van der Waals surface area contributed by atoms with Crippen LogP contribution in [0.25, 0.3) is 0 Å². The second kappa shape index (κ2) is 4.39. The van der Waals surface area contributed by atoms with Crippen LogP contribution in [-0.4, -0.2) is 26.2 Å². The van der Waals surface area contributed by atoms with Crippen LogP contribution in [0.2, 0.25) is 0 Å². The Morgan fingerprint density at radius 2 is 1.86 bits per heavy atom. The van der Waals surface area contributed by atoms with Crippen molar-refractivity contribution in [2.75, 3.05) is 0 Å². The second-order valence-electron chi connectivity index (χ2n) is 4.78. The van der Waals surface area contributed by atoms with E-state index in [1.165, 1.54) is 24.3 Å². The Bertz CT molecular complexity index is 759. The summed E-state index contributed by atoms with van der Waals surface area (Å²) in [5.41, 5.74) is 0.0810. The maximum atomic E-state index is 11.6. The molecular formula is C15H12O6. The van der Waals surface area contributed by atoms with E-state index < -0.39 is 29.1 Å². The molecule has 21 heavy (non-hydrogen) atoms. The van der Waals surface area contributed by atoms with Crippen LogP contribution in [0.15, 0.2) is 59.2 Å². The molecule has 0 aromatic heterocycles. The number of fused-ring (bicyclic) bond motifs is 1. The number of allylic oxidation sites excluding steroid dienone is 2. The quantitative estimate of drug-likeness (QED) is 0.626. The van der Waals surface area contributed by atoms with Crippen LogP contribution < -0.4 is 0 Å². The Hall–Kier alpha value is -2.73. The van der Waals surface area contributed by atoms with Crippen molar-refractivity contribution in [2.45, 2.75) is 12.2 Å². The zero-order chi connectivity index (χ0) is 16.1. The van der Waals surface area contributed by atoms with Gasteiger partial charge >= 0.3 is 0 Å². The molecule has 0 amide bonds. The molecule has 6 nitrogen and oxygen atoms in total. The van der Waals surface area contributed by atoms with Crippen molar-refractivity contribution in [3.05, 3.63) is 64.8 Å². The molecule has 0 fully saturated rings. The Morgan fingerprint density at radius 1 is 1.19 bits per heavy atom. The van der Waals surface area contributed by atoms with E-state index in [-0.39, 0.29) is 29.1 Å². The molecular weight excluding hydrogens is 276 g/mol. The van der Waals surface area contributed by atoms with Gasteiger partial charge in [0.2, 0.25) is 5.79 Å². The Morgan fingerprint density at radius 3 is 2.52 bits per heavy atom. The average Bonchev–Trinajstić information content (AvgIpc) is 2.44. The van der Waals surface area contributed by atoms with Crippen LogP contribution in [0.5, 0.6) is 5.75 Å². The highest BCUT2D eigenvalue weighted by molar-refractivity contribution is 6.02. The number of hydrogen-bond donors (Lipinski definition) is 4. The fourth-order valence-corrected chi connectivity index (χ4v) is 2.30. The molecule has 0 saturated carbocycles. The molecule has 0 radical (unpaired) electrons. The molecule has 1 atom stereocenters. The minimum absolute atomic E-state index is 0.00454. The monoisotopic (exact) mass is 289 g/mol. The molecule has 1 aromatic carbocycles. The molecule has 1 heterocycles. The van der Waals surface area contributed by atoms with Gasteiger partial charge in [0, 0.05) is 17.7 Å². The minimum atomic E-state index is -1.95. The Balaban J connectivity index is 2.09. The Labute approximate surface area is 120 Å². The zero-order valence-electron chi connectivity index (χ0n) is 11.7. The minimum Gasteiger partial charge on any atom is -0.511 e. The number of ketones is 1. The summed E-state index contributed by atoms with van der Waals surface area (Å²) in [5.74, 6) is -4.05. The van der Waals surface area contributed by atoms with Gasteiger partial charge in [-0.2, -0.15) is 0 Å². The van der Waals surface area contributed by atoms with Gasteiger partial charge in [0.25, 0.3) is 0 Å². The molecule has 1 aliphatic carbocycles. The third-order valence-corrected chi connectivity index (χ3v) is 3.28. The van der Waals surface area contributed by atoms with Gasteiger partial charge in [0.1, 0.15) is 23.0 Å². The molecule has 0 saturated heterocycles. The summed E-state index contributed by atoms with van der Waals surface area (Å²) in [7, 11) is 0. The third-order valence-electron chi connectivity index (χ3n) is 3.28. The van der Waals surface area contributed by atoms with E-state index >= 15 is 0 Å². The van der Waals surface area contributed by atoms with Crippen molar-refractivity contribution in [3.8, 4) is 5.75 Å². The molecule has 3 rings (SSSR count). The highest BCUT2D eigenvalue weighted by Gasteiger charge is 2.42. The summed E-state index contributed by atoms with van der Waals surface area (Å²) in [6.45, 7) is 0. The lowest BCUT2D eigenvalue weighted by Crippen LogP contribution is -2.35. The molecule has 0 unspecified atom stereocenters. The van der Waals surface area contributed by atoms with Crippen LogP contribution in [0.4, 0.5) is 0 Å². The maximum Gasteiger partial charge on any atom is 0.242 e. The smallest absolute Gasteiger partial charge is 0.242 e. The number of hydrogen-bond acceptors (Lipinski definition) is 6. The Kier molecular flexibility index (Phi) is 2.52. The first-order chi connectivity index (χ1) is 10.3. The number of aliphatic hydroxyl groups excluding tert-OH is 2. The van der Waals surface area contributed by atoms with Gasteiger partial charge in [-0.3, -0.25) is 4.79 Å². The van der Waals surface area contributed by atoms with Crippen molar-refractivity contribution in [1.29, 1.82) is 0 Å². The first kappa shape index (κ1) is 12.0. The lowest BCUT2D eigenvalue weighted by Gasteiger charge is -2.35. The largest absolute Gasteiger partial charge is 0.511 e. The van der Waals surface area contributed by atoms with Crippen molar-refractivity contribution in [1.82, 2.24) is 0 Å². The number of benzene rings is 1. The highest BCUT2D eigenvalue weighted by Crippen LogP contribution is 2.42. The number of carbonyl (C=O) groups is 1. The third kappa shape index (κ3) is 2.15. The molecule has 4 N–H and O–H groups in total. The lowest BCUT2D eigenvalue weighted by molar-refractivity contribution is -0.193. The van der Waals surface area contributed by atoms with E-state index in [4.69, 9.17) is 6.11 Å². The summed E-state index contributed by atoms with van der Waals surface area (Å²) < 4.78 is 12.8. The lowest BCUT2D eigenvalue weighted by atomic mass is 9.92. The van der Waals surface area contributed by atoms with E-state index in [9.17, 15) is 25.2 Å². The summed E-state index contributed by atoms with van der Waals surface area (Å²) in [5, 5.41) is 39.8. The predicted molar refractivity (Wildman–Crippen MR) is 71.2 cm³/mol. The van der Waals surface area contributed by atoms with Crippen molar-refractivity contribution in [2.24, 2.45) is 0 Å². The van der Waals surface area contributed by atoms with Crippen molar-refractivity contribution >= 4 is 5.78 Å². The van der Waals surface area contributed by atoms with Crippen LogP contribution >= 0.6 is 0 Å². The van der Waals surface area contributed by atoms with Crippen molar-refractivity contribution in [3.63, 3.8) is 0 Å². The van der Waals surface area contributed by atoms with E-state index in [0.29, 0.717) is 0 Å². The van der Waals surface area contributed by atoms with E-state index in [1.54, 1.807) is 0 Å². The summed E-state index contributed by atoms with van der Waals surface area (Å²) in [6, 6.07) is 4.85. The van der Waals surface area contributed by atoms with Crippen LogP contribution in [0.1, 0.15) is 13.4 Å². The maximum absolute atomic E-state index is 11.6. The van der Waals surface area contributed by atoms with E-state index in [0.717, 1.165) is 6.08 Å². The van der Waals surface area contributed by atoms with Gasteiger partial charge in [-0.15, -0.1) is 0 Å². The van der Waals surface area contributed by atoms with Crippen LogP contribution in [0, 0.1) is 0 Å². The number of aromatic hydroxyl groups is 1. The van der Waals surface area contributed by atoms with Gasteiger partial charge in [-0.05, 0) is 24.3 Å². The molecule has 108 valence electrons. The summed E-state index contributed by atoms with van der Waals surface area (Å²) in [6.07, 6.45) is 0.550. The number of phenolic OH excluding ortho intramolecular Hbond substituents is 1. The number of aliphatic hydroxyl groups is 3. The SMILES string of the molecule is [2H]C1=C(O)C2=C(O)C[C@@](O)(c3ccc(O)cc3)OC2=CC1=O. The number of ether oxygens (including phenoxy) is 1. The first-order valence-corrected chi connectivity index (χ1v) is 6.11. The van der Waals surface area contributed by atoms with Crippen LogP contribution in [-0.2, 0) is 15.3 Å².